The minimum Gasteiger partial charge on any atom is -0.373 e. The van der Waals surface area contributed by atoms with Gasteiger partial charge < -0.3 is 15.7 Å². The lowest BCUT2D eigenvalue weighted by Gasteiger charge is -2.25. The number of benzene rings is 2. The molecule has 0 fully saturated rings. The Morgan fingerprint density at radius 1 is 0.933 bits per heavy atom. The van der Waals surface area contributed by atoms with Crippen LogP contribution in [0.15, 0.2) is 42.5 Å². The minimum absolute atomic E-state index is 0.0581. The van der Waals surface area contributed by atoms with Crippen molar-refractivity contribution in [1.82, 2.24) is 0 Å². The van der Waals surface area contributed by atoms with E-state index < -0.39 is 35.3 Å². The fraction of sp³-hybridized carbons (Fsp3) is 0.222. The second-order valence-electron chi connectivity index (χ2n) is 6.25. The molecule has 0 saturated heterocycles. The largest absolute Gasteiger partial charge is 0.426 e. The number of nitrogens with one attached hydrogen (secondary N) is 2. The quantitative estimate of drug-likeness (QED) is 0.577. The fourth-order valence-electron chi connectivity index (χ4n) is 2.08. The molecule has 5 nitrogen and oxygen atoms in total. The van der Waals surface area contributed by atoms with Crippen LogP contribution in [0.1, 0.15) is 22.8 Å². The Kier molecular flexibility index (Phi) is 6.38. The van der Waals surface area contributed by atoms with Crippen LogP contribution in [0.3, 0.4) is 0 Å². The highest BCUT2D eigenvalue weighted by Crippen LogP contribution is 2.33. The van der Waals surface area contributed by atoms with Crippen molar-refractivity contribution >= 4 is 34.8 Å². The molecule has 1 unspecified atom stereocenters. The van der Waals surface area contributed by atoms with Gasteiger partial charge in [-0.2, -0.15) is 26.3 Å². The van der Waals surface area contributed by atoms with Gasteiger partial charge in [-0.05, 0) is 49.4 Å². The highest BCUT2D eigenvalue weighted by molar-refractivity contribution is 6.34. The second-order valence-corrected chi connectivity index (χ2v) is 6.66. The zero-order valence-electron chi connectivity index (χ0n) is 15.0. The molecule has 2 amide bonds. The van der Waals surface area contributed by atoms with Crippen molar-refractivity contribution in [2.75, 3.05) is 10.6 Å². The molecule has 0 aliphatic heterocycles. The molecule has 0 radical (unpaired) electrons. The molecule has 0 aromatic heterocycles. The van der Waals surface area contributed by atoms with Gasteiger partial charge in [0, 0.05) is 11.3 Å². The van der Waals surface area contributed by atoms with Crippen molar-refractivity contribution in [1.29, 1.82) is 0 Å². The summed E-state index contributed by atoms with van der Waals surface area (Å²) in [6.45, 7) is 0.266. The van der Waals surface area contributed by atoms with E-state index in [4.69, 9.17) is 11.6 Å². The number of anilines is 2. The standard InChI is InChI=1S/C18H13ClF6N2O3/c1-16(30,18(23,24)25)15(29)27-13-7-2-9(8-12(13)19)14(28)26-11-5-3-10(4-6-11)17(20,21)22/h2-8,30H,1H3,(H,26,28)(H,27,29). The van der Waals surface area contributed by atoms with Crippen LogP contribution in [0, 0.1) is 0 Å². The Hall–Kier alpha value is -2.79. The monoisotopic (exact) mass is 454 g/mol. The lowest BCUT2D eigenvalue weighted by atomic mass is 10.1. The molecule has 0 bridgehead atoms. The maximum Gasteiger partial charge on any atom is 0.426 e. The third kappa shape index (κ3) is 5.22. The van der Waals surface area contributed by atoms with Crippen LogP contribution in [-0.4, -0.2) is 28.7 Å². The summed E-state index contributed by atoms with van der Waals surface area (Å²) in [6, 6.07) is 6.80. The summed E-state index contributed by atoms with van der Waals surface area (Å²) < 4.78 is 75.7. The van der Waals surface area contributed by atoms with E-state index in [0.717, 1.165) is 42.5 Å². The Morgan fingerprint density at radius 3 is 1.97 bits per heavy atom. The van der Waals surface area contributed by atoms with E-state index >= 15 is 0 Å². The molecule has 0 saturated carbocycles. The number of carbonyl (C=O) groups is 2. The maximum absolute atomic E-state index is 12.7. The van der Waals surface area contributed by atoms with Gasteiger partial charge in [0.05, 0.1) is 16.3 Å². The van der Waals surface area contributed by atoms with Gasteiger partial charge in [0.1, 0.15) is 0 Å². The number of alkyl halides is 6. The normalized spacial score (nSPS) is 14.0. The van der Waals surface area contributed by atoms with Crippen molar-refractivity contribution in [3.05, 3.63) is 58.6 Å². The van der Waals surface area contributed by atoms with E-state index in [2.05, 4.69) is 5.32 Å². The third-order valence-electron chi connectivity index (χ3n) is 3.94. The molecule has 30 heavy (non-hydrogen) atoms. The van der Waals surface area contributed by atoms with Crippen LogP contribution in [0.5, 0.6) is 0 Å². The lowest BCUT2D eigenvalue weighted by molar-refractivity contribution is -0.242. The van der Waals surface area contributed by atoms with Gasteiger partial charge in [0.2, 0.25) is 5.60 Å². The maximum atomic E-state index is 12.7. The van der Waals surface area contributed by atoms with Gasteiger partial charge in [0.25, 0.3) is 11.8 Å². The summed E-state index contributed by atoms with van der Waals surface area (Å²) in [4.78, 5) is 23.9. The first-order valence-electron chi connectivity index (χ1n) is 8.01. The Bertz CT molecular complexity index is 956. The summed E-state index contributed by atoms with van der Waals surface area (Å²) in [5.41, 5.74) is -4.89. The molecule has 2 rings (SSSR count). The average Bonchev–Trinajstić information content (AvgIpc) is 2.61. The van der Waals surface area contributed by atoms with Crippen molar-refractivity contribution in [2.45, 2.75) is 24.9 Å². The molecule has 0 heterocycles. The van der Waals surface area contributed by atoms with Gasteiger partial charge in [-0.1, -0.05) is 11.6 Å². The van der Waals surface area contributed by atoms with Crippen LogP contribution >= 0.6 is 11.6 Å². The van der Waals surface area contributed by atoms with E-state index in [9.17, 15) is 41.0 Å². The van der Waals surface area contributed by atoms with Crippen LogP contribution in [-0.2, 0) is 11.0 Å². The highest BCUT2D eigenvalue weighted by atomic mass is 35.5. The molecule has 2 aromatic carbocycles. The molecule has 12 heteroatoms. The predicted molar refractivity (Wildman–Crippen MR) is 96.2 cm³/mol. The molecule has 0 spiro atoms. The first-order valence-corrected chi connectivity index (χ1v) is 8.39. The van der Waals surface area contributed by atoms with Crippen molar-refractivity contribution in [3.63, 3.8) is 0 Å². The van der Waals surface area contributed by atoms with E-state index in [1.165, 1.54) is 0 Å². The molecule has 3 N–H and O–H groups in total. The van der Waals surface area contributed by atoms with E-state index in [0.29, 0.717) is 0 Å². The first kappa shape index (κ1) is 23.5. The number of hydrogen-bond acceptors (Lipinski definition) is 3. The molecular formula is C18H13ClF6N2O3. The molecule has 0 aliphatic carbocycles. The summed E-state index contributed by atoms with van der Waals surface area (Å²) in [7, 11) is 0. The zero-order valence-corrected chi connectivity index (χ0v) is 15.7. The van der Waals surface area contributed by atoms with Gasteiger partial charge in [-0.15, -0.1) is 0 Å². The van der Waals surface area contributed by atoms with E-state index in [-0.39, 0.29) is 28.9 Å². The van der Waals surface area contributed by atoms with Gasteiger partial charge in [-0.25, -0.2) is 0 Å². The van der Waals surface area contributed by atoms with Crippen molar-refractivity contribution < 1.29 is 41.0 Å². The number of aliphatic hydroxyl groups is 1. The Morgan fingerprint density at radius 2 is 1.50 bits per heavy atom. The number of amides is 2. The fourth-order valence-corrected chi connectivity index (χ4v) is 2.30. The van der Waals surface area contributed by atoms with E-state index in [1.807, 2.05) is 5.32 Å². The highest BCUT2D eigenvalue weighted by Gasteiger charge is 2.55. The van der Waals surface area contributed by atoms with Gasteiger partial charge in [0.15, 0.2) is 0 Å². The SMILES string of the molecule is CC(O)(C(=O)Nc1ccc(C(=O)Nc2ccc(C(F)(F)F)cc2)cc1Cl)C(F)(F)F. The summed E-state index contributed by atoms with van der Waals surface area (Å²) in [6.07, 6.45) is -9.77. The van der Waals surface area contributed by atoms with Crippen LogP contribution in [0.2, 0.25) is 5.02 Å². The zero-order chi connectivity index (χ0) is 22.9. The molecule has 1 atom stereocenters. The van der Waals surface area contributed by atoms with Crippen LogP contribution in [0.4, 0.5) is 37.7 Å². The predicted octanol–water partition coefficient (Wildman–Crippen LogP) is 4.86. The molecule has 2 aromatic rings. The molecule has 162 valence electrons. The van der Waals surface area contributed by atoms with Gasteiger partial charge in [-0.3, -0.25) is 9.59 Å². The summed E-state index contributed by atoms with van der Waals surface area (Å²) >= 11 is 5.87. The Labute approximate surface area is 170 Å². The van der Waals surface area contributed by atoms with Gasteiger partial charge >= 0.3 is 12.4 Å². The van der Waals surface area contributed by atoms with E-state index in [1.54, 1.807) is 0 Å². The smallest absolute Gasteiger partial charge is 0.373 e. The minimum atomic E-state index is -5.23. The second kappa shape index (κ2) is 8.15. The molecule has 0 aliphatic rings. The topological polar surface area (TPSA) is 78.4 Å². The Balaban J connectivity index is 2.13. The van der Waals surface area contributed by atoms with Crippen molar-refractivity contribution in [2.24, 2.45) is 0 Å². The first-order chi connectivity index (χ1) is 13.6. The number of carbonyl (C=O) groups excluding carboxylic acids is 2. The van der Waals surface area contributed by atoms with Crippen LogP contribution < -0.4 is 10.6 Å². The third-order valence-corrected chi connectivity index (χ3v) is 4.26. The number of rotatable bonds is 4. The number of hydrogen-bond donors (Lipinski definition) is 3. The summed E-state index contributed by atoms with van der Waals surface area (Å²) in [5.74, 6) is -2.55. The van der Waals surface area contributed by atoms with Crippen molar-refractivity contribution in [3.8, 4) is 0 Å². The summed E-state index contributed by atoms with van der Waals surface area (Å²) in [5, 5.41) is 13.2. The van der Waals surface area contributed by atoms with Crippen LogP contribution in [0.25, 0.3) is 0 Å². The number of halogens is 7. The molecular weight excluding hydrogens is 442 g/mol. The average molecular weight is 455 g/mol. The lowest BCUT2D eigenvalue weighted by Crippen LogP contribution is -2.52.